The van der Waals surface area contributed by atoms with E-state index in [1.54, 1.807) is 0 Å². The first-order valence-electron chi connectivity index (χ1n) is 6.37. The zero-order chi connectivity index (χ0) is 13.0. The van der Waals surface area contributed by atoms with Gasteiger partial charge in [-0.3, -0.25) is 4.79 Å². The van der Waals surface area contributed by atoms with E-state index in [-0.39, 0.29) is 36.1 Å². The minimum Gasteiger partial charge on any atom is -0.377 e. The molecule has 2 heterocycles. The Morgan fingerprint density at radius 1 is 1.33 bits per heavy atom. The number of sulfone groups is 1. The number of nitrogens with one attached hydrogen (secondary N) is 2. The molecule has 0 aliphatic carbocycles. The van der Waals surface area contributed by atoms with Crippen LogP contribution < -0.4 is 10.6 Å². The summed E-state index contributed by atoms with van der Waals surface area (Å²) >= 11 is 0. The molecule has 0 saturated carbocycles. The molecule has 1 amide bonds. The monoisotopic (exact) mass is 276 g/mol. The van der Waals surface area contributed by atoms with Crippen LogP contribution in [0.2, 0.25) is 0 Å². The molecule has 2 unspecified atom stereocenters. The molecule has 2 N–H and O–H groups in total. The third-order valence-electron chi connectivity index (χ3n) is 3.28. The summed E-state index contributed by atoms with van der Waals surface area (Å²) in [6, 6.07) is -0.216. The van der Waals surface area contributed by atoms with Crippen molar-refractivity contribution >= 4 is 15.7 Å². The van der Waals surface area contributed by atoms with Crippen LogP contribution in [0.5, 0.6) is 0 Å². The summed E-state index contributed by atoms with van der Waals surface area (Å²) in [5.74, 6) is 0.112. The molecule has 2 fully saturated rings. The van der Waals surface area contributed by atoms with Crippen LogP contribution in [0.25, 0.3) is 0 Å². The lowest BCUT2D eigenvalue weighted by Crippen LogP contribution is -2.42. The maximum absolute atomic E-state index is 11.6. The Morgan fingerprint density at radius 3 is 2.78 bits per heavy atom. The van der Waals surface area contributed by atoms with Crippen LogP contribution in [0.4, 0.5) is 0 Å². The van der Waals surface area contributed by atoms with Crippen molar-refractivity contribution in [3.8, 4) is 0 Å². The molecule has 0 radical (unpaired) electrons. The molecule has 2 atom stereocenters. The van der Waals surface area contributed by atoms with Gasteiger partial charge < -0.3 is 15.4 Å². The number of carbonyl (C=O) groups is 1. The average Bonchev–Trinajstić information content (AvgIpc) is 2.88. The summed E-state index contributed by atoms with van der Waals surface area (Å²) < 4.78 is 27.9. The SMILES string of the molecule is O=C(CNCC1CCCO1)NC1CCS(=O)(=O)C1. The minimum absolute atomic E-state index is 0.0739. The van der Waals surface area contributed by atoms with Crippen molar-refractivity contribution in [2.24, 2.45) is 0 Å². The van der Waals surface area contributed by atoms with Gasteiger partial charge in [0.25, 0.3) is 0 Å². The van der Waals surface area contributed by atoms with Crippen molar-refractivity contribution < 1.29 is 17.9 Å². The number of rotatable bonds is 5. The third kappa shape index (κ3) is 4.22. The number of amides is 1. The summed E-state index contributed by atoms with van der Waals surface area (Å²) in [4.78, 5) is 11.6. The van der Waals surface area contributed by atoms with Gasteiger partial charge in [-0.2, -0.15) is 0 Å². The normalized spacial score (nSPS) is 30.4. The lowest BCUT2D eigenvalue weighted by molar-refractivity contribution is -0.120. The van der Waals surface area contributed by atoms with Crippen molar-refractivity contribution in [3.05, 3.63) is 0 Å². The molecule has 2 aliphatic heterocycles. The number of hydrogen-bond acceptors (Lipinski definition) is 5. The fourth-order valence-electron chi connectivity index (χ4n) is 2.34. The highest BCUT2D eigenvalue weighted by molar-refractivity contribution is 7.91. The predicted molar refractivity (Wildman–Crippen MR) is 67.0 cm³/mol. The summed E-state index contributed by atoms with van der Waals surface area (Å²) in [6.07, 6.45) is 2.86. The third-order valence-corrected chi connectivity index (χ3v) is 5.05. The van der Waals surface area contributed by atoms with Crippen LogP contribution in [0, 0.1) is 0 Å². The minimum atomic E-state index is -2.93. The van der Waals surface area contributed by atoms with Gasteiger partial charge in [0, 0.05) is 19.2 Å². The zero-order valence-corrected chi connectivity index (χ0v) is 11.2. The Hall–Kier alpha value is -0.660. The molecule has 6 nitrogen and oxygen atoms in total. The first kappa shape index (κ1) is 13.8. The van der Waals surface area contributed by atoms with E-state index >= 15 is 0 Å². The van der Waals surface area contributed by atoms with Crippen LogP contribution in [0.3, 0.4) is 0 Å². The Bertz CT molecular complexity index is 390. The van der Waals surface area contributed by atoms with Gasteiger partial charge in [0.15, 0.2) is 9.84 Å². The van der Waals surface area contributed by atoms with Gasteiger partial charge in [-0.15, -0.1) is 0 Å². The van der Waals surface area contributed by atoms with E-state index in [4.69, 9.17) is 4.74 Å². The topological polar surface area (TPSA) is 84.5 Å². The molecule has 2 saturated heterocycles. The second-order valence-corrected chi connectivity index (χ2v) is 7.16. The molecule has 2 rings (SSSR count). The van der Waals surface area contributed by atoms with Crippen molar-refractivity contribution in [2.75, 3.05) is 31.2 Å². The van der Waals surface area contributed by atoms with Crippen LogP contribution in [0.15, 0.2) is 0 Å². The highest BCUT2D eigenvalue weighted by Crippen LogP contribution is 2.11. The predicted octanol–water partition coefficient (Wildman–Crippen LogP) is -0.942. The van der Waals surface area contributed by atoms with Crippen molar-refractivity contribution in [1.29, 1.82) is 0 Å². The van der Waals surface area contributed by atoms with E-state index in [1.807, 2.05) is 0 Å². The van der Waals surface area contributed by atoms with E-state index in [2.05, 4.69) is 10.6 Å². The molecule has 104 valence electrons. The van der Waals surface area contributed by atoms with Gasteiger partial charge in [0.1, 0.15) is 0 Å². The molecule has 0 spiro atoms. The maximum atomic E-state index is 11.6. The molecule has 7 heteroatoms. The van der Waals surface area contributed by atoms with Crippen LogP contribution in [-0.4, -0.2) is 57.7 Å². The number of ether oxygens (including phenoxy) is 1. The van der Waals surface area contributed by atoms with Crippen molar-refractivity contribution in [2.45, 2.75) is 31.4 Å². The standard InChI is InChI=1S/C11H20N2O4S/c14-11(7-12-6-10-2-1-4-17-10)13-9-3-5-18(15,16)8-9/h9-10,12H,1-8H2,(H,13,14). The smallest absolute Gasteiger partial charge is 0.234 e. The molecule has 0 bridgehead atoms. The Balaban J connectivity index is 1.60. The second-order valence-electron chi connectivity index (χ2n) is 4.93. The Morgan fingerprint density at radius 2 is 2.17 bits per heavy atom. The van der Waals surface area contributed by atoms with Gasteiger partial charge in [0.05, 0.1) is 24.2 Å². The van der Waals surface area contributed by atoms with E-state index in [9.17, 15) is 13.2 Å². The first-order valence-corrected chi connectivity index (χ1v) is 8.19. The molecule has 0 aromatic heterocycles. The van der Waals surface area contributed by atoms with E-state index in [0.29, 0.717) is 13.0 Å². The van der Waals surface area contributed by atoms with Gasteiger partial charge in [0.2, 0.25) is 5.91 Å². The lowest BCUT2D eigenvalue weighted by Gasteiger charge is -2.13. The highest BCUT2D eigenvalue weighted by atomic mass is 32.2. The molecule has 0 aromatic rings. The van der Waals surface area contributed by atoms with Crippen LogP contribution in [0.1, 0.15) is 19.3 Å². The summed E-state index contributed by atoms with van der Waals surface area (Å²) in [5.41, 5.74) is 0. The summed E-state index contributed by atoms with van der Waals surface area (Å²) in [5, 5.41) is 5.77. The van der Waals surface area contributed by atoms with Gasteiger partial charge in [-0.1, -0.05) is 0 Å². The van der Waals surface area contributed by atoms with E-state index in [1.165, 1.54) is 0 Å². The largest absolute Gasteiger partial charge is 0.377 e. The molecular formula is C11H20N2O4S. The average molecular weight is 276 g/mol. The van der Waals surface area contributed by atoms with Crippen LogP contribution in [-0.2, 0) is 19.4 Å². The second kappa shape index (κ2) is 5.99. The van der Waals surface area contributed by atoms with E-state index in [0.717, 1.165) is 19.4 Å². The summed E-state index contributed by atoms with van der Waals surface area (Å²) in [6.45, 7) is 1.70. The van der Waals surface area contributed by atoms with Gasteiger partial charge >= 0.3 is 0 Å². The Labute approximate surface area is 107 Å². The molecular weight excluding hydrogens is 256 g/mol. The molecule has 18 heavy (non-hydrogen) atoms. The van der Waals surface area contributed by atoms with Crippen LogP contribution >= 0.6 is 0 Å². The van der Waals surface area contributed by atoms with Gasteiger partial charge in [-0.25, -0.2) is 8.42 Å². The maximum Gasteiger partial charge on any atom is 0.234 e. The summed E-state index contributed by atoms with van der Waals surface area (Å²) in [7, 11) is -2.93. The highest BCUT2D eigenvalue weighted by Gasteiger charge is 2.28. The van der Waals surface area contributed by atoms with Crippen molar-refractivity contribution in [1.82, 2.24) is 10.6 Å². The molecule has 0 aromatic carbocycles. The first-order chi connectivity index (χ1) is 8.55. The quantitative estimate of drug-likeness (QED) is 0.677. The lowest BCUT2D eigenvalue weighted by atomic mass is 10.2. The van der Waals surface area contributed by atoms with E-state index < -0.39 is 9.84 Å². The Kier molecular flexibility index (Phi) is 4.58. The number of hydrogen-bond donors (Lipinski definition) is 2. The fourth-order valence-corrected chi connectivity index (χ4v) is 4.01. The number of carbonyl (C=O) groups excluding carboxylic acids is 1. The molecule has 2 aliphatic rings. The fraction of sp³-hybridized carbons (Fsp3) is 0.909. The van der Waals surface area contributed by atoms with Crippen molar-refractivity contribution in [3.63, 3.8) is 0 Å². The zero-order valence-electron chi connectivity index (χ0n) is 10.4. The van der Waals surface area contributed by atoms with Gasteiger partial charge in [-0.05, 0) is 19.3 Å².